The van der Waals surface area contributed by atoms with Crippen LogP contribution in [0.3, 0.4) is 0 Å². The van der Waals surface area contributed by atoms with E-state index < -0.39 is 0 Å². The monoisotopic (exact) mass is 300 g/mol. The van der Waals surface area contributed by atoms with E-state index in [-0.39, 0.29) is 5.56 Å². The first-order valence-corrected chi connectivity index (χ1v) is 8.20. The van der Waals surface area contributed by atoms with Crippen molar-refractivity contribution < 1.29 is 0 Å². The predicted octanol–water partition coefficient (Wildman–Crippen LogP) is 4.18. The van der Waals surface area contributed by atoms with E-state index in [2.05, 4.69) is 58.8 Å². The van der Waals surface area contributed by atoms with Gasteiger partial charge in [0.15, 0.2) is 0 Å². The standard InChI is InChI=1S/C19H28N2O/c1-12(2)9-17-18(10-13(3)4)20-21(19(17)22)16-8-7-14(5)15(6)11-16/h7-8,11-13,20H,9-10H2,1-6H3. The van der Waals surface area contributed by atoms with Gasteiger partial charge in [-0.1, -0.05) is 33.8 Å². The van der Waals surface area contributed by atoms with Crippen molar-refractivity contribution in [3.05, 3.63) is 50.9 Å². The van der Waals surface area contributed by atoms with Gasteiger partial charge in [0.2, 0.25) is 0 Å². The molecule has 1 aromatic heterocycles. The third-order valence-corrected chi connectivity index (χ3v) is 4.05. The molecule has 0 bridgehead atoms. The normalized spacial score (nSPS) is 11.6. The quantitative estimate of drug-likeness (QED) is 0.883. The highest BCUT2D eigenvalue weighted by Crippen LogP contribution is 2.17. The molecule has 0 saturated carbocycles. The van der Waals surface area contributed by atoms with E-state index in [0.29, 0.717) is 11.8 Å². The van der Waals surface area contributed by atoms with E-state index in [1.807, 2.05) is 6.07 Å². The molecule has 2 aromatic rings. The molecule has 1 heterocycles. The highest BCUT2D eigenvalue weighted by molar-refractivity contribution is 5.40. The van der Waals surface area contributed by atoms with Gasteiger partial charge in [-0.2, -0.15) is 0 Å². The van der Waals surface area contributed by atoms with Gasteiger partial charge in [-0.3, -0.25) is 9.89 Å². The predicted molar refractivity (Wildman–Crippen MR) is 92.9 cm³/mol. The average Bonchev–Trinajstić information content (AvgIpc) is 2.70. The fourth-order valence-corrected chi connectivity index (χ4v) is 2.76. The third-order valence-electron chi connectivity index (χ3n) is 4.05. The number of aromatic nitrogens is 2. The number of nitrogens with zero attached hydrogens (tertiary/aromatic N) is 1. The van der Waals surface area contributed by atoms with Crippen LogP contribution in [0.15, 0.2) is 23.0 Å². The fraction of sp³-hybridized carbons (Fsp3) is 0.526. The molecule has 0 saturated heterocycles. The number of hydrogen-bond donors (Lipinski definition) is 1. The van der Waals surface area contributed by atoms with E-state index >= 15 is 0 Å². The molecule has 1 aromatic carbocycles. The molecule has 0 amide bonds. The highest BCUT2D eigenvalue weighted by Gasteiger charge is 2.17. The number of benzene rings is 1. The van der Waals surface area contributed by atoms with Gasteiger partial charge in [0.05, 0.1) is 5.69 Å². The minimum Gasteiger partial charge on any atom is -0.295 e. The lowest BCUT2D eigenvalue weighted by Crippen LogP contribution is -2.18. The zero-order valence-electron chi connectivity index (χ0n) is 14.7. The van der Waals surface area contributed by atoms with E-state index in [1.165, 1.54) is 11.1 Å². The number of H-pyrrole nitrogens is 1. The summed E-state index contributed by atoms with van der Waals surface area (Å²) in [6, 6.07) is 6.16. The average molecular weight is 300 g/mol. The summed E-state index contributed by atoms with van der Waals surface area (Å²) >= 11 is 0. The van der Waals surface area contributed by atoms with Crippen LogP contribution in [0.2, 0.25) is 0 Å². The summed E-state index contributed by atoms with van der Waals surface area (Å²) in [5.41, 5.74) is 5.51. The minimum atomic E-state index is 0.104. The Morgan fingerprint density at radius 2 is 1.64 bits per heavy atom. The molecule has 120 valence electrons. The van der Waals surface area contributed by atoms with Crippen LogP contribution >= 0.6 is 0 Å². The van der Waals surface area contributed by atoms with Crippen LogP contribution in [-0.2, 0) is 12.8 Å². The summed E-state index contributed by atoms with van der Waals surface area (Å²) in [7, 11) is 0. The van der Waals surface area contributed by atoms with E-state index in [1.54, 1.807) is 4.68 Å². The second-order valence-electron chi connectivity index (χ2n) is 7.17. The Morgan fingerprint density at radius 1 is 1.00 bits per heavy atom. The van der Waals surface area contributed by atoms with Gasteiger partial charge in [-0.05, 0) is 61.8 Å². The maximum Gasteiger partial charge on any atom is 0.274 e. The van der Waals surface area contributed by atoms with Gasteiger partial charge in [0, 0.05) is 11.3 Å². The van der Waals surface area contributed by atoms with Crippen LogP contribution in [0.4, 0.5) is 0 Å². The molecule has 1 N–H and O–H groups in total. The van der Waals surface area contributed by atoms with Gasteiger partial charge in [-0.15, -0.1) is 0 Å². The lowest BCUT2D eigenvalue weighted by Gasteiger charge is -2.07. The third kappa shape index (κ3) is 3.52. The summed E-state index contributed by atoms with van der Waals surface area (Å²) in [5.74, 6) is 1.000. The van der Waals surface area contributed by atoms with Gasteiger partial charge in [-0.25, -0.2) is 4.68 Å². The molecular formula is C19H28N2O. The van der Waals surface area contributed by atoms with Crippen molar-refractivity contribution in [3.8, 4) is 5.69 Å². The van der Waals surface area contributed by atoms with Crippen LogP contribution < -0.4 is 5.56 Å². The molecule has 0 spiro atoms. The highest BCUT2D eigenvalue weighted by atomic mass is 16.1. The number of nitrogens with one attached hydrogen (secondary N) is 1. The van der Waals surface area contributed by atoms with Crippen molar-refractivity contribution in [2.24, 2.45) is 11.8 Å². The van der Waals surface area contributed by atoms with Crippen LogP contribution in [0, 0.1) is 25.7 Å². The molecule has 0 aliphatic carbocycles. The second-order valence-corrected chi connectivity index (χ2v) is 7.17. The summed E-state index contributed by atoms with van der Waals surface area (Å²) in [5, 5.41) is 3.35. The van der Waals surface area contributed by atoms with E-state index in [0.717, 1.165) is 29.8 Å². The molecule has 2 rings (SSSR count). The van der Waals surface area contributed by atoms with Crippen LogP contribution in [0.25, 0.3) is 5.69 Å². The summed E-state index contributed by atoms with van der Waals surface area (Å²) in [4.78, 5) is 12.8. The molecule has 22 heavy (non-hydrogen) atoms. The number of aryl methyl sites for hydroxylation is 2. The molecule has 3 heteroatoms. The Labute approximate surface area is 133 Å². The summed E-state index contributed by atoms with van der Waals surface area (Å²) < 4.78 is 1.71. The van der Waals surface area contributed by atoms with Crippen LogP contribution in [-0.4, -0.2) is 9.78 Å². The van der Waals surface area contributed by atoms with Gasteiger partial charge < -0.3 is 0 Å². The number of rotatable bonds is 5. The molecule has 3 nitrogen and oxygen atoms in total. The van der Waals surface area contributed by atoms with Crippen molar-refractivity contribution in [2.75, 3.05) is 0 Å². The van der Waals surface area contributed by atoms with E-state index in [4.69, 9.17) is 0 Å². The first kappa shape index (κ1) is 16.6. The van der Waals surface area contributed by atoms with Crippen LogP contribution in [0.1, 0.15) is 50.1 Å². The molecule has 0 fully saturated rings. The van der Waals surface area contributed by atoms with Crippen molar-refractivity contribution in [1.29, 1.82) is 0 Å². The Morgan fingerprint density at radius 3 is 2.18 bits per heavy atom. The van der Waals surface area contributed by atoms with Crippen molar-refractivity contribution >= 4 is 0 Å². The second kappa shape index (κ2) is 6.55. The molecule has 0 radical (unpaired) electrons. The molecular weight excluding hydrogens is 272 g/mol. The first-order valence-electron chi connectivity index (χ1n) is 8.20. The largest absolute Gasteiger partial charge is 0.295 e. The van der Waals surface area contributed by atoms with E-state index in [9.17, 15) is 4.79 Å². The maximum atomic E-state index is 12.8. The Hall–Kier alpha value is -1.77. The Balaban J connectivity index is 2.54. The molecule has 0 unspecified atom stereocenters. The smallest absolute Gasteiger partial charge is 0.274 e. The van der Waals surface area contributed by atoms with Crippen molar-refractivity contribution in [2.45, 2.75) is 54.4 Å². The Kier molecular flexibility index (Phi) is 4.94. The molecule has 0 aliphatic heterocycles. The first-order chi connectivity index (χ1) is 10.3. The Bertz CT molecular complexity index is 705. The van der Waals surface area contributed by atoms with Crippen LogP contribution in [0.5, 0.6) is 0 Å². The fourth-order valence-electron chi connectivity index (χ4n) is 2.76. The topological polar surface area (TPSA) is 37.8 Å². The maximum absolute atomic E-state index is 12.8. The van der Waals surface area contributed by atoms with Crippen molar-refractivity contribution in [1.82, 2.24) is 9.78 Å². The number of aromatic amines is 1. The lowest BCUT2D eigenvalue weighted by atomic mass is 9.99. The summed E-state index contributed by atoms with van der Waals surface area (Å²) in [6.07, 6.45) is 1.74. The molecule has 0 aliphatic rings. The number of hydrogen-bond acceptors (Lipinski definition) is 1. The SMILES string of the molecule is Cc1ccc(-n2[nH]c(CC(C)C)c(CC(C)C)c2=O)cc1C. The minimum absolute atomic E-state index is 0.104. The molecule has 0 atom stereocenters. The van der Waals surface area contributed by atoms with Gasteiger partial charge in [0.1, 0.15) is 0 Å². The zero-order chi connectivity index (χ0) is 16.4. The zero-order valence-corrected chi connectivity index (χ0v) is 14.7. The lowest BCUT2D eigenvalue weighted by molar-refractivity contribution is 0.607. The van der Waals surface area contributed by atoms with Crippen molar-refractivity contribution in [3.63, 3.8) is 0 Å². The van der Waals surface area contributed by atoms with Gasteiger partial charge >= 0.3 is 0 Å². The van der Waals surface area contributed by atoms with Gasteiger partial charge in [0.25, 0.3) is 5.56 Å². The summed E-state index contributed by atoms with van der Waals surface area (Å²) in [6.45, 7) is 12.9.